The third-order valence-corrected chi connectivity index (χ3v) is 4.94. The number of halogens is 1. The largest absolute Gasteiger partial charge is 0.327 e. The third-order valence-electron chi connectivity index (χ3n) is 2.94. The van der Waals surface area contributed by atoms with E-state index in [2.05, 4.69) is 54.9 Å². The van der Waals surface area contributed by atoms with Gasteiger partial charge in [0.1, 0.15) is 0 Å². The topological polar surface area (TPSA) is 26.0 Å². The molecule has 0 bridgehead atoms. The molecule has 0 aliphatic heterocycles. The van der Waals surface area contributed by atoms with Crippen molar-refractivity contribution >= 4 is 27.7 Å². The van der Waals surface area contributed by atoms with Gasteiger partial charge >= 0.3 is 0 Å². The lowest BCUT2D eigenvalue weighted by atomic mass is 10.1. The van der Waals surface area contributed by atoms with Gasteiger partial charge in [-0.1, -0.05) is 42.8 Å². The zero-order valence-electron chi connectivity index (χ0n) is 10.9. The van der Waals surface area contributed by atoms with Gasteiger partial charge in [-0.15, -0.1) is 11.8 Å². The normalized spacial score (nSPS) is 14.6. The lowest BCUT2D eigenvalue weighted by molar-refractivity contribution is 0.645. The highest BCUT2D eigenvalue weighted by atomic mass is 79.9. The lowest BCUT2D eigenvalue weighted by Crippen LogP contribution is -2.21. The van der Waals surface area contributed by atoms with Crippen LogP contribution in [-0.4, -0.2) is 11.3 Å². The quantitative estimate of drug-likeness (QED) is 0.775. The van der Waals surface area contributed by atoms with Crippen molar-refractivity contribution in [3.8, 4) is 0 Å². The average Bonchev–Trinajstić information content (AvgIpc) is 2.32. The van der Waals surface area contributed by atoms with E-state index >= 15 is 0 Å². The van der Waals surface area contributed by atoms with Gasteiger partial charge in [-0.2, -0.15) is 0 Å². The van der Waals surface area contributed by atoms with E-state index in [1.165, 1.54) is 21.4 Å². The van der Waals surface area contributed by atoms with Gasteiger partial charge in [0.15, 0.2) is 0 Å². The van der Waals surface area contributed by atoms with Gasteiger partial charge in [-0.05, 0) is 37.0 Å². The van der Waals surface area contributed by atoms with Crippen molar-refractivity contribution in [3.05, 3.63) is 28.2 Å². The molecule has 1 nitrogen and oxygen atoms in total. The number of rotatable bonds is 6. The predicted octanol–water partition coefficient (Wildman–Crippen LogP) is 4.62. The van der Waals surface area contributed by atoms with Crippen molar-refractivity contribution in [2.75, 3.05) is 0 Å². The number of nitrogens with two attached hydrogens (primary N) is 1. The molecule has 0 saturated carbocycles. The predicted molar refractivity (Wildman–Crippen MR) is 81.7 cm³/mol. The van der Waals surface area contributed by atoms with Crippen LogP contribution in [0.15, 0.2) is 27.6 Å². The molecule has 0 aliphatic rings. The van der Waals surface area contributed by atoms with E-state index in [1.54, 1.807) is 0 Å². The molecular weight excluding hydrogens is 294 g/mol. The smallest absolute Gasteiger partial charge is 0.0219 e. The van der Waals surface area contributed by atoms with Crippen molar-refractivity contribution < 1.29 is 0 Å². The van der Waals surface area contributed by atoms with Crippen molar-refractivity contribution in [3.63, 3.8) is 0 Å². The first-order valence-corrected chi connectivity index (χ1v) is 7.94. The van der Waals surface area contributed by atoms with Crippen LogP contribution < -0.4 is 5.73 Å². The van der Waals surface area contributed by atoms with Gasteiger partial charge in [0.2, 0.25) is 0 Å². The lowest BCUT2D eigenvalue weighted by Gasteiger charge is -2.13. The van der Waals surface area contributed by atoms with E-state index in [0.717, 1.165) is 12.8 Å². The Hall–Kier alpha value is 0.01000. The number of hydrogen-bond donors (Lipinski definition) is 1. The molecule has 0 aromatic heterocycles. The Balaban J connectivity index is 2.72. The highest BCUT2D eigenvalue weighted by Crippen LogP contribution is 2.29. The van der Waals surface area contributed by atoms with Crippen LogP contribution in [0.3, 0.4) is 0 Å². The summed E-state index contributed by atoms with van der Waals surface area (Å²) in [5.74, 6) is 0. The second kappa shape index (κ2) is 7.45. The summed E-state index contributed by atoms with van der Waals surface area (Å²) in [7, 11) is 0. The number of thioether (sulfide) groups is 1. The van der Waals surface area contributed by atoms with Crippen molar-refractivity contribution in [1.29, 1.82) is 0 Å². The molecule has 2 atom stereocenters. The molecule has 0 spiro atoms. The van der Waals surface area contributed by atoms with Crippen molar-refractivity contribution in [2.45, 2.75) is 56.2 Å². The standard InChI is InChI=1S/C14H22BrNS/c1-4-10(3)17-13-7-6-11(14(15)9-13)8-12(16)5-2/h6-7,9-10,12H,4-5,8,16H2,1-3H3. The van der Waals surface area contributed by atoms with Gasteiger partial charge in [-0.25, -0.2) is 0 Å². The zero-order valence-corrected chi connectivity index (χ0v) is 13.3. The van der Waals surface area contributed by atoms with E-state index in [-0.39, 0.29) is 6.04 Å². The molecule has 0 aliphatic carbocycles. The number of hydrogen-bond acceptors (Lipinski definition) is 2. The molecule has 1 aromatic carbocycles. The molecule has 96 valence electrons. The molecule has 1 aromatic rings. The first-order valence-electron chi connectivity index (χ1n) is 6.27. The van der Waals surface area contributed by atoms with Crippen LogP contribution in [0.5, 0.6) is 0 Å². The zero-order chi connectivity index (χ0) is 12.8. The minimum atomic E-state index is 0.263. The van der Waals surface area contributed by atoms with Gasteiger partial charge in [0.05, 0.1) is 0 Å². The molecular formula is C14H22BrNS. The van der Waals surface area contributed by atoms with E-state index in [0.29, 0.717) is 5.25 Å². The highest BCUT2D eigenvalue weighted by Gasteiger charge is 2.08. The van der Waals surface area contributed by atoms with Gasteiger partial charge in [0, 0.05) is 20.7 Å². The Morgan fingerprint density at radius 2 is 2.00 bits per heavy atom. The Bertz CT molecular complexity index is 354. The van der Waals surface area contributed by atoms with E-state index < -0.39 is 0 Å². The molecule has 17 heavy (non-hydrogen) atoms. The molecule has 2 N–H and O–H groups in total. The first kappa shape index (κ1) is 15.1. The van der Waals surface area contributed by atoms with Gasteiger partial charge < -0.3 is 5.73 Å². The van der Waals surface area contributed by atoms with Crippen LogP contribution in [0.2, 0.25) is 0 Å². The van der Waals surface area contributed by atoms with Crippen LogP contribution in [0.25, 0.3) is 0 Å². The summed E-state index contributed by atoms with van der Waals surface area (Å²) >= 11 is 5.58. The summed E-state index contributed by atoms with van der Waals surface area (Å²) in [5, 5.41) is 0.672. The Morgan fingerprint density at radius 3 is 2.53 bits per heavy atom. The first-order chi connectivity index (χ1) is 8.06. The maximum Gasteiger partial charge on any atom is 0.0219 e. The fourth-order valence-corrected chi connectivity index (χ4v) is 3.17. The molecule has 3 heteroatoms. The van der Waals surface area contributed by atoms with Crippen LogP contribution in [0.4, 0.5) is 0 Å². The van der Waals surface area contributed by atoms with E-state index in [9.17, 15) is 0 Å². The molecule has 0 radical (unpaired) electrons. The molecule has 1 rings (SSSR count). The van der Waals surface area contributed by atoms with Crippen LogP contribution in [0.1, 0.15) is 39.2 Å². The molecule has 0 fully saturated rings. The molecule has 0 amide bonds. The van der Waals surface area contributed by atoms with Crippen LogP contribution in [-0.2, 0) is 6.42 Å². The van der Waals surface area contributed by atoms with Crippen LogP contribution >= 0.6 is 27.7 Å². The fourth-order valence-electron chi connectivity index (χ4n) is 1.51. The van der Waals surface area contributed by atoms with E-state index in [1.807, 2.05) is 11.8 Å². The Kier molecular flexibility index (Phi) is 6.60. The molecule has 2 unspecified atom stereocenters. The summed E-state index contributed by atoms with van der Waals surface area (Å²) < 4.78 is 1.19. The SMILES string of the molecule is CCC(N)Cc1ccc(SC(C)CC)cc1Br. The summed E-state index contributed by atoms with van der Waals surface area (Å²) in [5.41, 5.74) is 7.30. The second-order valence-electron chi connectivity index (χ2n) is 4.46. The maximum atomic E-state index is 5.99. The van der Waals surface area contributed by atoms with Crippen LogP contribution in [0, 0.1) is 0 Å². The fraction of sp³-hybridized carbons (Fsp3) is 0.571. The van der Waals surface area contributed by atoms with Crippen molar-refractivity contribution in [1.82, 2.24) is 0 Å². The minimum Gasteiger partial charge on any atom is -0.327 e. The average molecular weight is 316 g/mol. The maximum absolute atomic E-state index is 5.99. The Morgan fingerprint density at radius 1 is 1.29 bits per heavy atom. The highest BCUT2D eigenvalue weighted by molar-refractivity contribution is 9.10. The van der Waals surface area contributed by atoms with Crippen molar-refractivity contribution in [2.24, 2.45) is 5.73 Å². The monoisotopic (exact) mass is 315 g/mol. The summed E-state index contributed by atoms with van der Waals surface area (Å²) in [6, 6.07) is 6.89. The Labute approximate surface area is 118 Å². The second-order valence-corrected chi connectivity index (χ2v) is 6.83. The molecule has 0 saturated heterocycles. The minimum absolute atomic E-state index is 0.263. The molecule has 0 heterocycles. The van der Waals surface area contributed by atoms with E-state index in [4.69, 9.17) is 5.73 Å². The van der Waals surface area contributed by atoms with Gasteiger partial charge in [0.25, 0.3) is 0 Å². The summed E-state index contributed by atoms with van der Waals surface area (Å²) in [4.78, 5) is 1.33. The summed E-state index contributed by atoms with van der Waals surface area (Å²) in [6.07, 6.45) is 3.17. The van der Waals surface area contributed by atoms with Gasteiger partial charge in [-0.3, -0.25) is 0 Å². The third kappa shape index (κ3) is 5.02. The number of benzene rings is 1. The summed E-state index contributed by atoms with van der Waals surface area (Å²) in [6.45, 7) is 6.62.